The second-order valence-corrected chi connectivity index (χ2v) is 5.01. The summed E-state index contributed by atoms with van der Waals surface area (Å²) >= 11 is 0. The topological polar surface area (TPSA) is 60.4 Å². The first-order chi connectivity index (χ1) is 8.10. The van der Waals surface area contributed by atoms with E-state index in [4.69, 9.17) is 4.74 Å². The Kier molecular flexibility index (Phi) is 3.31. The maximum absolute atomic E-state index is 12.1. The van der Waals surface area contributed by atoms with Crippen molar-refractivity contribution in [3.63, 3.8) is 0 Å². The molecule has 0 amide bonds. The van der Waals surface area contributed by atoms with Gasteiger partial charge in [0.2, 0.25) is 0 Å². The van der Waals surface area contributed by atoms with Crippen molar-refractivity contribution >= 4 is 17.5 Å². The molecule has 0 bridgehead atoms. The molecule has 0 heterocycles. The van der Waals surface area contributed by atoms with Gasteiger partial charge in [-0.15, -0.1) is 0 Å². The highest BCUT2D eigenvalue weighted by atomic mass is 16.5. The summed E-state index contributed by atoms with van der Waals surface area (Å²) < 4.78 is 5.01. The standard InChI is InChI=1S/C13H18O4/c1-2-17-12(16)10-7-9(14)8-13(10)6-4-3-5-11(13)15/h10H,2-8H2,1H3/t10?,13-/m0/s1. The molecular weight excluding hydrogens is 220 g/mol. The average molecular weight is 238 g/mol. The molecular formula is C13H18O4. The van der Waals surface area contributed by atoms with E-state index in [9.17, 15) is 14.4 Å². The fraction of sp³-hybridized carbons (Fsp3) is 0.769. The second-order valence-electron chi connectivity index (χ2n) is 5.01. The van der Waals surface area contributed by atoms with E-state index in [0.29, 0.717) is 19.4 Å². The lowest BCUT2D eigenvalue weighted by molar-refractivity contribution is -0.157. The minimum atomic E-state index is -0.721. The monoisotopic (exact) mass is 238 g/mol. The van der Waals surface area contributed by atoms with Crippen LogP contribution in [0.25, 0.3) is 0 Å². The lowest BCUT2D eigenvalue weighted by atomic mass is 9.66. The van der Waals surface area contributed by atoms with Crippen molar-refractivity contribution in [2.75, 3.05) is 6.61 Å². The molecule has 1 spiro atoms. The van der Waals surface area contributed by atoms with E-state index in [-0.39, 0.29) is 30.4 Å². The summed E-state index contributed by atoms with van der Waals surface area (Å²) in [5.74, 6) is -0.776. The summed E-state index contributed by atoms with van der Waals surface area (Å²) in [6, 6.07) is 0. The first-order valence-electron chi connectivity index (χ1n) is 6.32. The van der Waals surface area contributed by atoms with Crippen LogP contribution in [0.5, 0.6) is 0 Å². The molecule has 0 saturated heterocycles. The molecule has 2 aliphatic carbocycles. The SMILES string of the molecule is CCOC(=O)C1CC(=O)C[C@@]12CCCCC2=O. The number of rotatable bonds is 2. The van der Waals surface area contributed by atoms with E-state index in [1.807, 2.05) is 0 Å². The van der Waals surface area contributed by atoms with Gasteiger partial charge in [0.05, 0.1) is 12.5 Å². The third-order valence-corrected chi connectivity index (χ3v) is 4.01. The van der Waals surface area contributed by atoms with Crippen LogP contribution in [0.1, 0.15) is 45.4 Å². The second kappa shape index (κ2) is 4.59. The Morgan fingerprint density at radius 1 is 1.41 bits per heavy atom. The summed E-state index contributed by atoms with van der Waals surface area (Å²) in [4.78, 5) is 35.6. The molecule has 0 N–H and O–H groups in total. The van der Waals surface area contributed by atoms with E-state index < -0.39 is 11.3 Å². The number of ketones is 2. The molecule has 4 nitrogen and oxygen atoms in total. The normalized spacial score (nSPS) is 33.1. The lowest BCUT2D eigenvalue weighted by Gasteiger charge is -2.35. The molecule has 0 radical (unpaired) electrons. The summed E-state index contributed by atoms with van der Waals surface area (Å²) in [6.07, 6.45) is 3.41. The lowest BCUT2D eigenvalue weighted by Crippen LogP contribution is -2.41. The van der Waals surface area contributed by atoms with Crippen LogP contribution in [-0.4, -0.2) is 24.1 Å². The van der Waals surface area contributed by atoms with Crippen molar-refractivity contribution < 1.29 is 19.1 Å². The van der Waals surface area contributed by atoms with Crippen LogP contribution in [-0.2, 0) is 19.1 Å². The molecule has 0 aliphatic heterocycles. The van der Waals surface area contributed by atoms with Crippen LogP contribution in [0.4, 0.5) is 0 Å². The fourth-order valence-electron chi connectivity index (χ4n) is 3.19. The largest absolute Gasteiger partial charge is 0.466 e. The third-order valence-electron chi connectivity index (χ3n) is 4.01. The number of hydrogen-bond donors (Lipinski definition) is 0. The Labute approximate surface area is 101 Å². The van der Waals surface area contributed by atoms with Crippen molar-refractivity contribution in [2.24, 2.45) is 11.3 Å². The predicted octanol–water partition coefficient (Wildman–Crippen LogP) is 1.66. The molecule has 0 aromatic carbocycles. The highest BCUT2D eigenvalue weighted by Gasteiger charge is 2.55. The summed E-state index contributed by atoms with van der Waals surface area (Å²) in [5, 5.41) is 0. The van der Waals surface area contributed by atoms with Gasteiger partial charge >= 0.3 is 5.97 Å². The van der Waals surface area contributed by atoms with Crippen LogP contribution >= 0.6 is 0 Å². The number of carbonyl (C=O) groups is 3. The fourth-order valence-corrected chi connectivity index (χ4v) is 3.19. The van der Waals surface area contributed by atoms with Gasteiger partial charge in [0, 0.05) is 24.7 Å². The van der Waals surface area contributed by atoms with Gasteiger partial charge in [-0.25, -0.2) is 0 Å². The average Bonchev–Trinajstić information content (AvgIpc) is 2.62. The van der Waals surface area contributed by atoms with Crippen molar-refractivity contribution in [3.8, 4) is 0 Å². The van der Waals surface area contributed by atoms with Gasteiger partial charge in [-0.05, 0) is 19.8 Å². The Hall–Kier alpha value is -1.19. The van der Waals surface area contributed by atoms with Crippen molar-refractivity contribution in [1.29, 1.82) is 0 Å². The maximum Gasteiger partial charge on any atom is 0.310 e. The molecule has 2 atom stereocenters. The highest BCUT2D eigenvalue weighted by molar-refractivity contribution is 6.00. The minimum Gasteiger partial charge on any atom is -0.466 e. The zero-order valence-corrected chi connectivity index (χ0v) is 10.2. The number of hydrogen-bond acceptors (Lipinski definition) is 4. The van der Waals surface area contributed by atoms with Crippen molar-refractivity contribution in [1.82, 2.24) is 0 Å². The number of Topliss-reactive ketones (excluding diaryl/α,β-unsaturated/α-hetero) is 2. The molecule has 4 heteroatoms. The van der Waals surface area contributed by atoms with Gasteiger partial charge in [0.25, 0.3) is 0 Å². The molecule has 0 aromatic heterocycles. The maximum atomic E-state index is 12.1. The smallest absolute Gasteiger partial charge is 0.310 e. The number of ether oxygens (including phenoxy) is 1. The summed E-state index contributed by atoms with van der Waals surface area (Å²) in [5.41, 5.74) is -0.721. The zero-order chi connectivity index (χ0) is 12.5. The van der Waals surface area contributed by atoms with Crippen molar-refractivity contribution in [3.05, 3.63) is 0 Å². The Morgan fingerprint density at radius 3 is 2.82 bits per heavy atom. The van der Waals surface area contributed by atoms with E-state index in [1.165, 1.54) is 0 Å². The highest BCUT2D eigenvalue weighted by Crippen LogP contribution is 2.49. The van der Waals surface area contributed by atoms with Crippen LogP contribution in [0, 0.1) is 11.3 Å². The van der Waals surface area contributed by atoms with E-state index >= 15 is 0 Å². The van der Waals surface area contributed by atoms with E-state index in [0.717, 1.165) is 12.8 Å². The van der Waals surface area contributed by atoms with Crippen LogP contribution in [0.3, 0.4) is 0 Å². The van der Waals surface area contributed by atoms with Crippen LogP contribution < -0.4 is 0 Å². The molecule has 2 rings (SSSR count). The summed E-state index contributed by atoms with van der Waals surface area (Å²) in [7, 11) is 0. The number of esters is 1. The quantitative estimate of drug-likeness (QED) is 0.686. The molecule has 0 aromatic rings. The first kappa shape index (κ1) is 12.3. The van der Waals surface area contributed by atoms with Gasteiger partial charge in [-0.2, -0.15) is 0 Å². The zero-order valence-electron chi connectivity index (χ0n) is 10.2. The van der Waals surface area contributed by atoms with Gasteiger partial charge in [0.15, 0.2) is 0 Å². The molecule has 17 heavy (non-hydrogen) atoms. The first-order valence-corrected chi connectivity index (χ1v) is 6.32. The molecule has 2 fully saturated rings. The van der Waals surface area contributed by atoms with Crippen molar-refractivity contribution in [2.45, 2.75) is 45.4 Å². The minimum absolute atomic E-state index is 0.0262. The van der Waals surface area contributed by atoms with Gasteiger partial charge in [-0.3, -0.25) is 14.4 Å². The molecule has 2 aliphatic rings. The third kappa shape index (κ3) is 2.01. The molecule has 94 valence electrons. The Morgan fingerprint density at radius 2 is 2.18 bits per heavy atom. The van der Waals surface area contributed by atoms with Gasteiger partial charge in [0.1, 0.15) is 11.6 Å². The van der Waals surface area contributed by atoms with Gasteiger partial charge < -0.3 is 4.74 Å². The Bertz CT molecular complexity index is 360. The van der Waals surface area contributed by atoms with E-state index in [2.05, 4.69) is 0 Å². The Balaban J connectivity index is 2.26. The van der Waals surface area contributed by atoms with Gasteiger partial charge in [-0.1, -0.05) is 6.42 Å². The van der Waals surface area contributed by atoms with Crippen LogP contribution in [0.2, 0.25) is 0 Å². The number of carbonyl (C=O) groups excluding carboxylic acids is 3. The van der Waals surface area contributed by atoms with Crippen LogP contribution in [0.15, 0.2) is 0 Å². The predicted molar refractivity (Wildman–Crippen MR) is 60.3 cm³/mol. The molecule has 2 saturated carbocycles. The molecule has 1 unspecified atom stereocenters. The summed E-state index contributed by atoms with van der Waals surface area (Å²) in [6.45, 7) is 2.04. The van der Waals surface area contributed by atoms with E-state index in [1.54, 1.807) is 6.92 Å².